The maximum Gasteiger partial charge on any atom is 0.251 e. The van der Waals surface area contributed by atoms with Gasteiger partial charge in [0.15, 0.2) is 0 Å². The summed E-state index contributed by atoms with van der Waals surface area (Å²) < 4.78 is 8.20. The van der Waals surface area contributed by atoms with Crippen LogP contribution < -0.4 is 10.6 Å². The molecule has 0 aliphatic carbocycles. The number of hydrogen-bond acceptors (Lipinski definition) is 4. The zero-order valence-electron chi connectivity index (χ0n) is 19.7. The Morgan fingerprint density at radius 3 is 2.85 bits per heavy atom. The van der Waals surface area contributed by atoms with Gasteiger partial charge in [0.2, 0.25) is 5.91 Å². The van der Waals surface area contributed by atoms with E-state index in [1.165, 1.54) is 0 Å². The molecule has 3 aromatic heterocycles. The summed E-state index contributed by atoms with van der Waals surface area (Å²) in [6.45, 7) is 8.73. The fourth-order valence-corrected chi connectivity index (χ4v) is 4.80. The standard InChI is InChI=1S/C26H32N4O3/c1-16-12-17(2)29-26(32)23(16)14-28-25(31)22-13-21-9-7-11-30(21)24(18(22)3)19(4)33-15-20-8-5-6-10-27-20/h5-11,13,16-17,19,23H,12,14-15H2,1-4H3,(H,28,31)(H,29,32). The van der Waals surface area contributed by atoms with Crippen molar-refractivity contribution in [3.05, 3.63) is 71.3 Å². The van der Waals surface area contributed by atoms with E-state index in [9.17, 15) is 9.59 Å². The highest BCUT2D eigenvalue weighted by atomic mass is 16.5. The molecule has 0 saturated carbocycles. The lowest BCUT2D eigenvalue weighted by Crippen LogP contribution is -2.50. The van der Waals surface area contributed by atoms with Crippen molar-refractivity contribution in [2.24, 2.45) is 11.8 Å². The first-order valence-corrected chi connectivity index (χ1v) is 11.6. The number of carbonyl (C=O) groups excluding carboxylic acids is 2. The van der Waals surface area contributed by atoms with Crippen molar-refractivity contribution in [1.82, 2.24) is 20.0 Å². The molecule has 0 aromatic carbocycles. The second kappa shape index (κ2) is 9.75. The van der Waals surface area contributed by atoms with E-state index in [-0.39, 0.29) is 35.8 Å². The smallest absolute Gasteiger partial charge is 0.251 e. The molecule has 0 bridgehead atoms. The molecule has 0 radical (unpaired) electrons. The number of pyridine rings is 2. The van der Waals surface area contributed by atoms with Gasteiger partial charge < -0.3 is 19.8 Å². The summed E-state index contributed by atoms with van der Waals surface area (Å²) in [5, 5.41) is 6.00. The lowest BCUT2D eigenvalue weighted by atomic mass is 9.84. The Kier molecular flexibility index (Phi) is 6.79. The number of hydrogen-bond donors (Lipinski definition) is 2. The van der Waals surface area contributed by atoms with E-state index in [0.29, 0.717) is 18.7 Å². The van der Waals surface area contributed by atoms with Gasteiger partial charge in [-0.2, -0.15) is 0 Å². The van der Waals surface area contributed by atoms with Crippen molar-refractivity contribution < 1.29 is 14.3 Å². The Hall–Kier alpha value is -3.19. The number of piperidine rings is 1. The van der Waals surface area contributed by atoms with Crippen LogP contribution >= 0.6 is 0 Å². The minimum Gasteiger partial charge on any atom is -0.366 e. The zero-order valence-corrected chi connectivity index (χ0v) is 19.7. The van der Waals surface area contributed by atoms with Crippen LogP contribution in [0.3, 0.4) is 0 Å². The molecular weight excluding hydrogens is 416 g/mol. The van der Waals surface area contributed by atoms with E-state index in [0.717, 1.165) is 28.9 Å². The monoisotopic (exact) mass is 448 g/mol. The van der Waals surface area contributed by atoms with E-state index < -0.39 is 0 Å². The van der Waals surface area contributed by atoms with Gasteiger partial charge >= 0.3 is 0 Å². The zero-order chi connectivity index (χ0) is 23.5. The van der Waals surface area contributed by atoms with Gasteiger partial charge in [0.25, 0.3) is 5.91 Å². The lowest BCUT2D eigenvalue weighted by Gasteiger charge is -2.32. The van der Waals surface area contributed by atoms with Crippen LogP contribution in [0.2, 0.25) is 0 Å². The molecule has 4 heterocycles. The summed E-state index contributed by atoms with van der Waals surface area (Å²) in [5.74, 6) is -0.160. The predicted molar refractivity (Wildman–Crippen MR) is 127 cm³/mol. The number of ether oxygens (including phenoxy) is 1. The number of carbonyl (C=O) groups is 2. The van der Waals surface area contributed by atoms with Gasteiger partial charge in [0, 0.05) is 36.1 Å². The fraction of sp³-hybridized carbons (Fsp3) is 0.423. The average Bonchev–Trinajstić information content (AvgIpc) is 3.25. The third-order valence-electron chi connectivity index (χ3n) is 6.58. The first-order valence-electron chi connectivity index (χ1n) is 11.6. The molecule has 2 amide bonds. The molecule has 1 aliphatic rings. The number of aromatic nitrogens is 2. The Morgan fingerprint density at radius 1 is 1.30 bits per heavy atom. The van der Waals surface area contributed by atoms with E-state index in [1.54, 1.807) is 6.20 Å². The number of nitrogens with zero attached hydrogens (tertiary/aromatic N) is 2. The van der Waals surface area contributed by atoms with Crippen LogP contribution in [0, 0.1) is 18.8 Å². The minimum atomic E-state index is -0.250. The Balaban J connectivity index is 1.54. The molecule has 1 fully saturated rings. The highest BCUT2D eigenvalue weighted by molar-refractivity contribution is 5.97. The first-order chi connectivity index (χ1) is 15.8. The van der Waals surface area contributed by atoms with E-state index in [4.69, 9.17) is 4.74 Å². The number of nitrogens with one attached hydrogen (secondary N) is 2. The molecular formula is C26H32N4O3. The van der Waals surface area contributed by atoms with E-state index >= 15 is 0 Å². The third kappa shape index (κ3) is 4.93. The molecule has 4 rings (SSSR count). The highest BCUT2D eigenvalue weighted by Gasteiger charge is 2.32. The van der Waals surface area contributed by atoms with Gasteiger partial charge in [-0.15, -0.1) is 0 Å². The predicted octanol–water partition coefficient (Wildman–Crippen LogP) is 3.81. The van der Waals surface area contributed by atoms with Crippen LogP contribution in [-0.4, -0.2) is 33.8 Å². The van der Waals surface area contributed by atoms with Crippen LogP contribution in [0.4, 0.5) is 0 Å². The summed E-state index contributed by atoms with van der Waals surface area (Å²) in [6, 6.07) is 11.7. The average molecular weight is 449 g/mol. The van der Waals surface area contributed by atoms with Crippen molar-refractivity contribution in [2.45, 2.75) is 52.9 Å². The van der Waals surface area contributed by atoms with E-state index in [1.807, 2.05) is 63.4 Å². The largest absolute Gasteiger partial charge is 0.366 e. The van der Waals surface area contributed by atoms with Gasteiger partial charge in [-0.3, -0.25) is 14.6 Å². The minimum absolute atomic E-state index is 0.0116. The van der Waals surface area contributed by atoms with Crippen LogP contribution in [0.15, 0.2) is 48.8 Å². The molecule has 1 saturated heterocycles. The topological polar surface area (TPSA) is 84.7 Å². The quantitative estimate of drug-likeness (QED) is 0.576. The summed E-state index contributed by atoms with van der Waals surface area (Å²) in [4.78, 5) is 29.9. The first kappa shape index (κ1) is 23.0. The van der Waals surface area contributed by atoms with Gasteiger partial charge in [-0.05, 0) is 69.0 Å². The van der Waals surface area contributed by atoms with Gasteiger partial charge in [0.05, 0.1) is 30.0 Å². The molecule has 4 unspecified atom stereocenters. The van der Waals surface area contributed by atoms with E-state index in [2.05, 4.69) is 26.9 Å². The molecule has 174 valence electrons. The van der Waals surface area contributed by atoms with Crippen LogP contribution in [0.1, 0.15) is 60.6 Å². The van der Waals surface area contributed by atoms with Crippen molar-refractivity contribution >= 4 is 17.3 Å². The molecule has 33 heavy (non-hydrogen) atoms. The highest BCUT2D eigenvalue weighted by Crippen LogP contribution is 2.28. The normalized spacial score (nSPS) is 21.6. The summed E-state index contributed by atoms with van der Waals surface area (Å²) >= 11 is 0. The second-order valence-corrected chi connectivity index (χ2v) is 9.08. The van der Waals surface area contributed by atoms with Crippen molar-refractivity contribution in [3.63, 3.8) is 0 Å². The molecule has 7 nitrogen and oxygen atoms in total. The molecule has 3 aromatic rings. The molecule has 4 atom stereocenters. The van der Waals surface area contributed by atoms with Crippen LogP contribution in [-0.2, 0) is 16.1 Å². The lowest BCUT2D eigenvalue weighted by molar-refractivity contribution is -0.129. The van der Waals surface area contributed by atoms with Crippen molar-refractivity contribution in [1.29, 1.82) is 0 Å². The molecule has 1 aliphatic heterocycles. The molecule has 0 spiro atoms. The summed E-state index contributed by atoms with van der Waals surface area (Å²) in [5.41, 5.74) is 4.16. The fourth-order valence-electron chi connectivity index (χ4n) is 4.80. The number of rotatable bonds is 7. The SMILES string of the molecule is Cc1c(C(=O)NCC2C(=O)NC(C)CC2C)cc2cccn2c1C(C)OCc1ccccn1. The molecule has 7 heteroatoms. The maximum absolute atomic E-state index is 13.2. The Labute approximate surface area is 194 Å². The number of amides is 2. The molecule has 2 N–H and O–H groups in total. The maximum atomic E-state index is 13.2. The van der Waals surface area contributed by atoms with Crippen molar-refractivity contribution in [3.8, 4) is 0 Å². The third-order valence-corrected chi connectivity index (χ3v) is 6.58. The number of fused-ring (bicyclic) bond motifs is 1. The van der Waals surface area contributed by atoms with Crippen molar-refractivity contribution in [2.75, 3.05) is 6.54 Å². The summed E-state index contributed by atoms with van der Waals surface area (Å²) in [7, 11) is 0. The van der Waals surface area contributed by atoms with Gasteiger partial charge in [-0.1, -0.05) is 13.0 Å². The Morgan fingerprint density at radius 2 is 2.12 bits per heavy atom. The van der Waals surface area contributed by atoms with Crippen LogP contribution in [0.25, 0.3) is 5.52 Å². The summed E-state index contributed by atoms with van der Waals surface area (Å²) in [6.07, 6.45) is 4.39. The van der Waals surface area contributed by atoms with Gasteiger partial charge in [-0.25, -0.2) is 0 Å². The van der Waals surface area contributed by atoms with Crippen LogP contribution in [0.5, 0.6) is 0 Å². The second-order valence-electron chi connectivity index (χ2n) is 9.08. The van der Waals surface area contributed by atoms with Gasteiger partial charge in [0.1, 0.15) is 0 Å². The Bertz CT molecular complexity index is 1140.